The van der Waals surface area contributed by atoms with Gasteiger partial charge in [0, 0.05) is 0 Å². The molecular weight excluding hydrogens is 244 g/mol. The van der Waals surface area contributed by atoms with Crippen LogP contribution >= 0.6 is 0 Å². The summed E-state index contributed by atoms with van der Waals surface area (Å²) < 4.78 is 30.8. The largest absolute Gasteiger partial charge is 0.462 e. The highest BCUT2D eigenvalue weighted by Crippen LogP contribution is 2.09. The van der Waals surface area contributed by atoms with Gasteiger partial charge in [-0.05, 0) is 32.0 Å². The number of amides is 1. The number of carbonyl (C=O) groups is 2. The molecule has 1 amide bonds. The molecule has 0 atom stereocenters. The van der Waals surface area contributed by atoms with Crippen LogP contribution in [0.1, 0.15) is 24.2 Å². The average molecular weight is 257 g/mol. The molecule has 0 aromatic heterocycles. The summed E-state index contributed by atoms with van der Waals surface area (Å²) in [6, 6.07) is 2.51. The Hall–Kier alpha value is -1.98. The normalized spacial score (nSPS) is 10.3. The number of nitrogens with one attached hydrogen (secondary N) is 1. The van der Waals surface area contributed by atoms with Crippen molar-refractivity contribution in [1.29, 1.82) is 0 Å². The Bertz CT molecular complexity index is 461. The lowest BCUT2D eigenvalue weighted by Crippen LogP contribution is -2.32. The summed E-state index contributed by atoms with van der Waals surface area (Å²) in [7, 11) is 0. The van der Waals surface area contributed by atoms with Crippen LogP contribution in [0.2, 0.25) is 0 Å². The second-order valence-electron chi connectivity index (χ2n) is 3.85. The van der Waals surface area contributed by atoms with Crippen molar-refractivity contribution in [3.8, 4) is 0 Å². The van der Waals surface area contributed by atoms with E-state index in [2.05, 4.69) is 5.32 Å². The van der Waals surface area contributed by atoms with E-state index in [1.54, 1.807) is 13.8 Å². The van der Waals surface area contributed by atoms with Crippen molar-refractivity contribution in [3.05, 3.63) is 35.4 Å². The summed E-state index contributed by atoms with van der Waals surface area (Å²) in [5, 5.41) is 2.15. The fourth-order valence-electron chi connectivity index (χ4n) is 1.22. The van der Waals surface area contributed by atoms with E-state index in [4.69, 9.17) is 4.74 Å². The van der Waals surface area contributed by atoms with Crippen LogP contribution in [0, 0.1) is 11.6 Å². The van der Waals surface area contributed by atoms with Gasteiger partial charge in [-0.2, -0.15) is 0 Å². The molecule has 0 aliphatic rings. The first-order chi connectivity index (χ1) is 8.40. The number of carbonyl (C=O) groups excluding carboxylic acids is 2. The molecule has 0 aliphatic heterocycles. The number of benzene rings is 1. The molecule has 0 bridgehead atoms. The monoisotopic (exact) mass is 257 g/mol. The van der Waals surface area contributed by atoms with Gasteiger partial charge >= 0.3 is 5.97 Å². The Balaban J connectivity index is 2.60. The molecule has 0 saturated heterocycles. The zero-order valence-corrected chi connectivity index (χ0v) is 10.00. The van der Waals surface area contributed by atoms with Crippen molar-refractivity contribution in [3.63, 3.8) is 0 Å². The van der Waals surface area contributed by atoms with Crippen molar-refractivity contribution in [2.24, 2.45) is 0 Å². The Labute approximate surface area is 103 Å². The van der Waals surface area contributed by atoms with Crippen LogP contribution in [0.15, 0.2) is 18.2 Å². The zero-order valence-electron chi connectivity index (χ0n) is 10.00. The molecule has 98 valence electrons. The predicted molar refractivity (Wildman–Crippen MR) is 59.9 cm³/mol. The van der Waals surface area contributed by atoms with Crippen LogP contribution in [-0.2, 0) is 9.53 Å². The third kappa shape index (κ3) is 4.12. The Morgan fingerprint density at radius 2 is 2.00 bits per heavy atom. The summed E-state index contributed by atoms with van der Waals surface area (Å²) >= 11 is 0. The molecule has 18 heavy (non-hydrogen) atoms. The number of halogens is 2. The number of hydrogen-bond acceptors (Lipinski definition) is 3. The fraction of sp³-hybridized carbons (Fsp3) is 0.333. The first-order valence-corrected chi connectivity index (χ1v) is 5.33. The van der Waals surface area contributed by atoms with Crippen LogP contribution in [0.25, 0.3) is 0 Å². The van der Waals surface area contributed by atoms with Crippen molar-refractivity contribution in [2.75, 3.05) is 6.54 Å². The van der Waals surface area contributed by atoms with Crippen LogP contribution in [0.5, 0.6) is 0 Å². The van der Waals surface area contributed by atoms with E-state index in [1.165, 1.54) is 0 Å². The first kappa shape index (κ1) is 14.1. The summed E-state index contributed by atoms with van der Waals surface area (Å²) in [4.78, 5) is 22.6. The highest BCUT2D eigenvalue weighted by atomic mass is 19.1. The van der Waals surface area contributed by atoms with Gasteiger partial charge in [0.25, 0.3) is 5.91 Å². The fourth-order valence-corrected chi connectivity index (χ4v) is 1.22. The molecule has 0 saturated carbocycles. The number of ether oxygens (including phenoxy) is 1. The molecule has 6 heteroatoms. The van der Waals surface area contributed by atoms with E-state index in [1.807, 2.05) is 0 Å². The lowest BCUT2D eigenvalue weighted by atomic mass is 10.2. The summed E-state index contributed by atoms with van der Waals surface area (Å²) in [6.07, 6.45) is -0.305. The molecule has 0 aliphatic carbocycles. The van der Waals surface area contributed by atoms with Crippen molar-refractivity contribution in [2.45, 2.75) is 20.0 Å². The van der Waals surface area contributed by atoms with E-state index in [0.29, 0.717) is 0 Å². The third-order valence-electron chi connectivity index (χ3n) is 1.93. The molecule has 0 unspecified atom stereocenters. The third-order valence-corrected chi connectivity index (χ3v) is 1.93. The molecule has 1 N–H and O–H groups in total. The van der Waals surface area contributed by atoms with Gasteiger partial charge in [-0.1, -0.05) is 0 Å². The lowest BCUT2D eigenvalue weighted by Gasteiger charge is -2.09. The van der Waals surface area contributed by atoms with E-state index >= 15 is 0 Å². The molecule has 0 fully saturated rings. The Morgan fingerprint density at radius 1 is 1.33 bits per heavy atom. The maximum atomic E-state index is 13.2. The maximum absolute atomic E-state index is 13.2. The van der Waals surface area contributed by atoms with Crippen LogP contribution in [0.3, 0.4) is 0 Å². The molecule has 1 rings (SSSR count). The number of esters is 1. The van der Waals surface area contributed by atoms with Gasteiger partial charge in [-0.15, -0.1) is 0 Å². The van der Waals surface area contributed by atoms with Gasteiger partial charge in [0.05, 0.1) is 11.7 Å². The van der Waals surface area contributed by atoms with Crippen molar-refractivity contribution >= 4 is 11.9 Å². The van der Waals surface area contributed by atoms with E-state index in [-0.39, 0.29) is 6.10 Å². The first-order valence-electron chi connectivity index (χ1n) is 5.33. The van der Waals surface area contributed by atoms with E-state index in [0.717, 1.165) is 18.2 Å². The van der Waals surface area contributed by atoms with Gasteiger partial charge in [-0.25, -0.2) is 8.78 Å². The summed E-state index contributed by atoms with van der Waals surface area (Å²) in [5.41, 5.74) is -0.452. The SMILES string of the molecule is CC(C)OC(=O)CNC(=O)c1cc(F)ccc1F. The lowest BCUT2D eigenvalue weighted by molar-refractivity contribution is -0.146. The number of hydrogen-bond donors (Lipinski definition) is 1. The molecule has 0 spiro atoms. The van der Waals surface area contributed by atoms with Crippen LogP contribution in [-0.4, -0.2) is 24.5 Å². The summed E-state index contributed by atoms with van der Waals surface area (Å²) in [6.45, 7) is 2.92. The molecule has 1 aromatic rings. The average Bonchev–Trinajstić information content (AvgIpc) is 2.28. The smallest absolute Gasteiger partial charge is 0.325 e. The Kier molecular flexibility index (Phi) is 4.76. The second-order valence-corrected chi connectivity index (χ2v) is 3.85. The van der Waals surface area contributed by atoms with Crippen molar-refractivity contribution < 1.29 is 23.1 Å². The van der Waals surface area contributed by atoms with Crippen LogP contribution < -0.4 is 5.32 Å². The molecule has 1 aromatic carbocycles. The van der Waals surface area contributed by atoms with Crippen LogP contribution in [0.4, 0.5) is 8.78 Å². The minimum Gasteiger partial charge on any atom is -0.462 e. The van der Waals surface area contributed by atoms with E-state index in [9.17, 15) is 18.4 Å². The van der Waals surface area contributed by atoms with Crippen molar-refractivity contribution in [1.82, 2.24) is 5.32 Å². The highest BCUT2D eigenvalue weighted by Gasteiger charge is 2.14. The molecular formula is C12H13F2NO3. The van der Waals surface area contributed by atoms with Gasteiger partial charge in [0.2, 0.25) is 0 Å². The van der Waals surface area contributed by atoms with Gasteiger partial charge < -0.3 is 10.1 Å². The second kappa shape index (κ2) is 6.09. The van der Waals surface area contributed by atoms with E-state index < -0.39 is 35.6 Å². The Morgan fingerprint density at radius 3 is 2.61 bits per heavy atom. The minimum absolute atomic E-state index is 0.305. The predicted octanol–water partition coefficient (Wildman–Crippen LogP) is 1.65. The number of rotatable bonds is 4. The molecule has 0 radical (unpaired) electrons. The van der Waals surface area contributed by atoms with Gasteiger partial charge in [0.1, 0.15) is 18.2 Å². The minimum atomic E-state index is -0.868. The quantitative estimate of drug-likeness (QED) is 0.834. The highest BCUT2D eigenvalue weighted by molar-refractivity contribution is 5.96. The molecule has 4 nitrogen and oxygen atoms in total. The van der Waals surface area contributed by atoms with Gasteiger partial charge in [-0.3, -0.25) is 9.59 Å². The summed E-state index contributed by atoms with van der Waals surface area (Å²) in [5.74, 6) is -3.10. The topological polar surface area (TPSA) is 55.4 Å². The maximum Gasteiger partial charge on any atom is 0.325 e. The zero-order chi connectivity index (χ0) is 13.7. The standard InChI is InChI=1S/C12H13F2NO3/c1-7(2)18-11(16)6-15-12(17)9-5-8(13)3-4-10(9)14/h3-5,7H,6H2,1-2H3,(H,15,17). The molecule has 0 heterocycles. The van der Waals surface area contributed by atoms with Gasteiger partial charge in [0.15, 0.2) is 0 Å².